The number of nitrogens with zero attached hydrogens (tertiary/aromatic N) is 2. The first-order chi connectivity index (χ1) is 13.5. The Hall–Kier alpha value is -3.38. The Morgan fingerprint density at radius 2 is 1.86 bits per heavy atom. The van der Waals surface area contributed by atoms with Crippen molar-refractivity contribution in [3.05, 3.63) is 77.9 Å². The molecule has 0 aliphatic heterocycles. The van der Waals surface area contributed by atoms with Crippen molar-refractivity contribution in [2.45, 2.75) is 12.5 Å². The third kappa shape index (κ3) is 3.30. The highest BCUT2D eigenvalue weighted by molar-refractivity contribution is 6.00. The predicted octanol–water partition coefficient (Wildman–Crippen LogP) is 4.37. The number of rotatable bonds is 6. The maximum absolute atomic E-state index is 11.9. The lowest BCUT2D eigenvalue weighted by atomic mass is 10.1. The number of aromatic amines is 1. The summed E-state index contributed by atoms with van der Waals surface area (Å²) in [6.45, 7) is 0. The second-order valence-electron chi connectivity index (χ2n) is 6.95. The van der Waals surface area contributed by atoms with Crippen molar-refractivity contribution in [1.29, 1.82) is 0 Å². The van der Waals surface area contributed by atoms with E-state index in [4.69, 9.17) is 4.42 Å². The van der Waals surface area contributed by atoms with Gasteiger partial charge in [0.25, 0.3) is 0 Å². The minimum atomic E-state index is -1.10. The zero-order chi connectivity index (χ0) is 19.7. The van der Waals surface area contributed by atoms with Gasteiger partial charge in [0, 0.05) is 22.7 Å². The quantitative estimate of drug-likeness (QED) is 0.523. The fraction of sp³-hybridized carbons (Fsp3) is 0.182. The summed E-state index contributed by atoms with van der Waals surface area (Å²) in [6.07, 6.45) is 2.43. The van der Waals surface area contributed by atoms with E-state index < -0.39 is 5.97 Å². The number of H-pyrrole nitrogens is 1. The topological polar surface area (TPSA) is 82.4 Å². The van der Waals surface area contributed by atoms with Gasteiger partial charge in [0.1, 0.15) is 0 Å². The molecule has 2 N–H and O–H groups in total. The number of hydrogen-bond acceptors (Lipinski definition) is 4. The summed E-state index contributed by atoms with van der Waals surface area (Å²) in [7, 11) is 3.87. The lowest BCUT2D eigenvalue weighted by molar-refractivity contribution is 0.0691. The van der Waals surface area contributed by atoms with E-state index in [1.807, 2.05) is 73.6 Å². The monoisotopic (exact) mass is 375 g/mol. The maximum atomic E-state index is 11.9. The van der Waals surface area contributed by atoms with Crippen LogP contribution < -0.4 is 0 Å². The summed E-state index contributed by atoms with van der Waals surface area (Å²) in [4.78, 5) is 21.4. The highest BCUT2D eigenvalue weighted by Gasteiger charge is 2.28. The Morgan fingerprint density at radius 1 is 1.14 bits per heavy atom. The third-order valence-corrected chi connectivity index (χ3v) is 4.86. The van der Waals surface area contributed by atoms with E-state index in [-0.39, 0.29) is 17.5 Å². The second-order valence-corrected chi connectivity index (χ2v) is 6.95. The van der Waals surface area contributed by atoms with Crippen LogP contribution >= 0.6 is 0 Å². The molecule has 0 saturated carbocycles. The van der Waals surface area contributed by atoms with Crippen LogP contribution in [0.3, 0.4) is 0 Å². The van der Waals surface area contributed by atoms with Gasteiger partial charge in [-0.15, -0.1) is 0 Å². The molecule has 0 saturated heterocycles. The zero-order valence-corrected chi connectivity index (χ0v) is 15.7. The standard InChI is InChI=1S/C22H21N3O3/c1-25(2)18(12-14-8-4-3-5-9-14)21-24-19(22(26)27)20(28-21)16-13-23-17-11-7-6-10-15(16)17/h3-11,13,18,23H,12H2,1-2H3,(H,26,27)/t18-/m0/s1. The van der Waals surface area contributed by atoms with Gasteiger partial charge in [-0.3, -0.25) is 4.90 Å². The summed E-state index contributed by atoms with van der Waals surface area (Å²) in [5, 5.41) is 10.6. The van der Waals surface area contributed by atoms with E-state index in [9.17, 15) is 9.90 Å². The predicted molar refractivity (Wildman–Crippen MR) is 107 cm³/mol. The molecule has 6 nitrogen and oxygen atoms in total. The average Bonchev–Trinajstić information content (AvgIpc) is 3.31. The second kappa shape index (κ2) is 7.32. The first-order valence-corrected chi connectivity index (χ1v) is 9.05. The molecule has 2 aromatic heterocycles. The maximum Gasteiger partial charge on any atom is 0.358 e. The van der Waals surface area contributed by atoms with Crippen LogP contribution in [0.25, 0.3) is 22.2 Å². The summed E-state index contributed by atoms with van der Waals surface area (Å²) < 4.78 is 6.07. The molecule has 6 heteroatoms. The zero-order valence-electron chi connectivity index (χ0n) is 15.7. The van der Waals surface area contributed by atoms with Gasteiger partial charge in [-0.25, -0.2) is 9.78 Å². The van der Waals surface area contributed by atoms with Crippen LogP contribution in [0, 0.1) is 0 Å². The van der Waals surface area contributed by atoms with Gasteiger partial charge in [0.05, 0.1) is 6.04 Å². The van der Waals surface area contributed by atoms with E-state index in [0.29, 0.717) is 17.9 Å². The highest BCUT2D eigenvalue weighted by atomic mass is 16.4. The molecule has 1 atom stereocenters. The van der Waals surface area contributed by atoms with E-state index >= 15 is 0 Å². The molecule has 142 valence electrons. The van der Waals surface area contributed by atoms with Crippen molar-refractivity contribution in [3.8, 4) is 11.3 Å². The summed E-state index contributed by atoms with van der Waals surface area (Å²) in [6, 6.07) is 17.5. The van der Waals surface area contributed by atoms with Gasteiger partial charge < -0.3 is 14.5 Å². The van der Waals surface area contributed by atoms with E-state index in [1.165, 1.54) is 0 Å². The molecule has 0 unspecified atom stereocenters. The van der Waals surface area contributed by atoms with Crippen LogP contribution in [-0.2, 0) is 6.42 Å². The summed E-state index contributed by atoms with van der Waals surface area (Å²) in [5.41, 5.74) is 2.67. The number of carboxylic acids is 1. The van der Waals surface area contributed by atoms with Crippen LogP contribution in [-0.4, -0.2) is 40.0 Å². The first-order valence-electron chi connectivity index (χ1n) is 9.05. The Bertz CT molecular complexity index is 1110. The number of fused-ring (bicyclic) bond motifs is 1. The van der Waals surface area contributed by atoms with Crippen molar-refractivity contribution >= 4 is 16.9 Å². The molecule has 0 bridgehead atoms. The number of likely N-dealkylation sites (N-methyl/N-ethyl adjacent to an activating group) is 1. The molecule has 4 aromatic rings. The Morgan fingerprint density at radius 3 is 2.57 bits per heavy atom. The van der Waals surface area contributed by atoms with Crippen molar-refractivity contribution in [2.24, 2.45) is 0 Å². The fourth-order valence-corrected chi connectivity index (χ4v) is 3.39. The van der Waals surface area contributed by atoms with Gasteiger partial charge in [-0.05, 0) is 32.1 Å². The van der Waals surface area contributed by atoms with Gasteiger partial charge in [0.2, 0.25) is 5.89 Å². The summed E-state index contributed by atoms with van der Waals surface area (Å²) >= 11 is 0. The minimum absolute atomic E-state index is 0.0698. The van der Waals surface area contributed by atoms with Gasteiger partial charge in [-0.2, -0.15) is 0 Å². The lowest BCUT2D eigenvalue weighted by Crippen LogP contribution is -2.22. The number of nitrogens with one attached hydrogen (secondary N) is 1. The largest absolute Gasteiger partial charge is 0.476 e. The van der Waals surface area contributed by atoms with Crippen molar-refractivity contribution in [1.82, 2.24) is 14.9 Å². The molecule has 2 heterocycles. The Balaban J connectivity index is 1.80. The molecular formula is C22H21N3O3. The minimum Gasteiger partial charge on any atom is -0.476 e. The first kappa shape index (κ1) is 18.0. The van der Waals surface area contributed by atoms with Crippen LogP contribution in [0.1, 0.15) is 28.0 Å². The Kier molecular flexibility index (Phi) is 4.71. The molecular weight excluding hydrogens is 354 g/mol. The van der Waals surface area contributed by atoms with Crippen LogP contribution in [0.2, 0.25) is 0 Å². The SMILES string of the molecule is CN(C)[C@@H](Cc1ccccc1)c1nc(C(=O)O)c(-c2c[nH]c3ccccc23)o1. The Labute approximate surface area is 162 Å². The molecule has 0 spiro atoms. The molecule has 0 aliphatic carbocycles. The van der Waals surface area contributed by atoms with Gasteiger partial charge >= 0.3 is 5.97 Å². The normalized spacial score (nSPS) is 12.5. The number of benzene rings is 2. The number of carboxylic acid groups (broad SMARTS) is 1. The molecule has 0 aliphatic rings. The number of carbonyl (C=O) groups is 1. The van der Waals surface area contributed by atoms with Crippen molar-refractivity contribution in [3.63, 3.8) is 0 Å². The number of aromatic nitrogens is 2. The third-order valence-electron chi connectivity index (χ3n) is 4.86. The van der Waals surface area contributed by atoms with Gasteiger partial charge in [0.15, 0.2) is 11.5 Å². The molecule has 0 amide bonds. The van der Waals surface area contributed by atoms with Crippen molar-refractivity contribution < 1.29 is 14.3 Å². The molecule has 0 fully saturated rings. The van der Waals surface area contributed by atoms with E-state index in [0.717, 1.165) is 16.5 Å². The number of hydrogen-bond donors (Lipinski definition) is 2. The number of aromatic carboxylic acids is 1. The van der Waals surface area contributed by atoms with Crippen LogP contribution in [0.5, 0.6) is 0 Å². The number of para-hydroxylation sites is 1. The molecule has 2 aromatic carbocycles. The highest BCUT2D eigenvalue weighted by Crippen LogP contribution is 2.34. The molecule has 0 radical (unpaired) electrons. The van der Waals surface area contributed by atoms with Gasteiger partial charge in [-0.1, -0.05) is 48.5 Å². The smallest absolute Gasteiger partial charge is 0.358 e. The van der Waals surface area contributed by atoms with E-state index in [1.54, 1.807) is 6.20 Å². The van der Waals surface area contributed by atoms with Crippen LogP contribution in [0.15, 0.2) is 65.2 Å². The number of oxazole rings is 1. The van der Waals surface area contributed by atoms with Crippen molar-refractivity contribution in [2.75, 3.05) is 14.1 Å². The fourth-order valence-electron chi connectivity index (χ4n) is 3.39. The van der Waals surface area contributed by atoms with E-state index in [2.05, 4.69) is 9.97 Å². The molecule has 4 rings (SSSR count). The summed E-state index contributed by atoms with van der Waals surface area (Å²) in [5.74, 6) is -0.432. The average molecular weight is 375 g/mol. The lowest BCUT2D eigenvalue weighted by Gasteiger charge is -2.21. The molecule has 28 heavy (non-hydrogen) atoms. The van der Waals surface area contributed by atoms with Crippen LogP contribution in [0.4, 0.5) is 0 Å².